The molecule has 4 unspecified atom stereocenters. The van der Waals surface area contributed by atoms with Gasteiger partial charge in [0.05, 0.1) is 12.1 Å². The van der Waals surface area contributed by atoms with Crippen molar-refractivity contribution in [2.45, 2.75) is 23.9 Å². The van der Waals surface area contributed by atoms with Gasteiger partial charge in [-0.2, -0.15) is 0 Å². The maximum atomic E-state index is 2.53. The average molecular weight is 641 g/mol. The van der Waals surface area contributed by atoms with Gasteiger partial charge in [0.1, 0.15) is 0 Å². The molecule has 0 amide bonds. The molecule has 0 spiro atoms. The van der Waals surface area contributed by atoms with Gasteiger partial charge in [0.25, 0.3) is 0 Å². The van der Waals surface area contributed by atoms with Gasteiger partial charge >= 0.3 is 0 Å². The van der Waals surface area contributed by atoms with Gasteiger partial charge in [-0.05, 0) is 80.9 Å². The van der Waals surface area contributed by atoms with Crippen molar-refractivity contribution < 1.29 is 0 Å². The largest absolute Gasteiger partial charge is 0.333 e. The van der Waals surface area contributed by atoms with Crippen LogP contribution >= 0.6 is 0 Å². The second kappa shape index (κ2) is 11.8. The van der Waals surface area contributed by atoms with Crippen molar-refractivity contribution in [3.8, 4) is 22.3 Å². The van der Waals surface area contributed by atoms with Gasteiger partial charge in [-0.1, -0.05) is 158 Å². The van der Waals surface area contributed by atoms with E-state index in [9.17, 15) is 0 Å². The first-order chi connectivity index (χ1) is 24.8. The predicted molar refractivity (Wildman–Crippen MR) is 208 cm³/mol. The number of anilines is 4. The maximum absolute atomic E-state index is 2.53. The van der Waals surface area contributed by atoms with Crippen molar-refractivity contribution in [3.05, 3.63) is 216 Å². The molecule has 4 atom stereocenters. The van der Waals surface area contributed by atoms with Crippen LogP contribution < -0.4 is 9.80 Å². The molecule has 50 heavy (non-hydrogen) atoms. The Bertz CT molecular complexity index is 2350. The van der Waals surface area contributed by atoms with E-state index in [0.717, 1.165) is 0 Å². The minimum Gasteiger partial charge on any atom is -0.333 e. The molecule has 0 radical (unpaired) electrons. The molecule has 0 saturated carbocycles. The summed E-state index contributed by atoms with van der Waals surface area (Å²) in [5, 5.41) is 0. The first kappa shape index (κ1) is 28.9. The molecule has 6 aromatic rings. The molecule has 0 saturated heterocycles. The highest BCUT2D eigenvalue weighted by Crippen LogP contribution is 2.52. The number of hydrogen-bond acceptors (Lipinski definition) is 2. The minimum absolute atomic E-state index is 0.227. The van der Waals surface area contributed by atoms with Crippen molar-refractivity contribution in [1.29, 1.82) is 0 Å². The summed E-state index contributed by atoms with van der Waals surface area (Å²) in [7, 11) is 0. The van der Waals surface area contributed by atoms with E-state index in [1.54, 1.807) is 0 Å². The maximum Gasteiger partial charge on any atom is 0.0630 e. The van der Waals surface area contributed by atoms with Gasteiger partial charge in [0.15, 0.2) is 0 Å². The molecule has 238 valence electrons. The van der Waals surface area contributed by atoms with Crippen molar-refractivity contribution in [2.75, 3.05) is 9.80 Å². The van der Waals surface area contributed by atoms with E-state index in [0.29, 0.717) is 0 Å². The highest BCUT2D eigenvalue weighted by Gasteiger charge is 2.41. The molecular formula is C48H36N2. The van der Waals surface area contributed by atoms with Crippen LogP contribution in [0.5, 0.6) is 0 Å². The molecule has 10 rings (SSSR count). The summed E-state index contributed by atoms with van der Waals surface area (Å²) in [5.74, 6) is 0.550. The predicted octanol–water partition coefficient (Wildman–Crippen LogP) is 11.9. The number of benzene rings is 6. The van der Waals surface area contributed by atoms with E-state index in [1.165, 1.54) is 67.3 Å². The monoisotopic (exact) mass is 640 g/mol. The SMILES string of the molecule is C1=CC2C(C=C1C1=CC3c4ccccc4N(c4cccc(-c5ccccc5)c4)C3C=C1)c1ccccc1N2c1ccc(-c2ccccc2)cc1. The van der Waals surface area contributed by atoms with E-state index in [4.69, 9.17) is 0 Å². The molecule has 2 heteroatoms. The van der Waals surface area contributed by atoms with Crippen molar-refractivity contribution in [2.24, 2.45) is 0 Å². The van der Waals surface area contributed by atoms with E-state index in [1.807, 2.05) is 0 Å². The van der Waals surface area contributed by atoms with Crippen LogP contribution in [0.4, 0.5) is 22.7 Å². The molecule has 6 aromatic carbocycles. The van der Waals surface area contributed by atoms with Gasteiger partial charge in [0.2, 0.25) is 0 Å². The first-order valence-corrected chi connectivity index (χ1v) is 17.7. The zero-order valence-electron chi connectivity index (χ0n) is 27.7. The van der Waals surface area contributed by atoms with E-state index < -0.39 is 0 Å². The highest BCUT2D eigenvalue weighted by atomic mass is 15.2. The Balaban J connectivity index is 0.972. The lowest BCUT2D eigenvalue weighted by Crippen LogP contribution is -2.30. The van der Waals surface area contributed by atoms with Crippen LogP contribution in [0.15, 0.2) is 205 Å². The molecule has 2 aliphatic carbocycles. The number of para-hydroxylation sites is 2. The van der Waals surface area contributed by atoms with Crippen molar-refractivity contribution in [3.63, 3.8) is 0 Å². The van der Waals surface area contributed by atoms with Crippen molar-refractivity contribution in [1.82, 2.24) is 0 Å². The molecule has 0 aromatic heterocycles. The van der Waals surface area contributed by atoms with Gasteiger partial charge in [-0.25, -0.2) is 0 Å². The Hall–Kier alpha value is -6.12. The third-order valence-corrected chi connectivity index (χ3v) is 10.9. The summed E-state index contributed by atoms with van der Waals surface area (Å²) < 4.78 is 0. The zero-order valence-corrected chi connectivity index (χ0v) is 27.7. The van der Waals surface area contributed by atoms with Crippen LogP contribution in [0.25, 0.3) is 22.3 Å². The fourth-order valence-electron chi connectivity index (χ4n) is 8.60. The smallest absolute Gasteiger partial charge is 0.0630 e. The topological polar surface area (TPSA) is 6.48 Å². The second-order valence-corrected chi connectivity index (χ2v) is 13.7. The molecule has 0 N–H and O–H groups in total. The standard InChI is InChI=1S/C48H36N2/c1-3-12-33(13-4-1)35-22-26-39(27-23-35)49-45-20-9-7-18-41(45)43-31-37(24-28-47(43)49)38-25-29-48-44(32-38)42-19-8-10-21-46(42)50(48)40-17-11-16-36(30-40)34-14-5-2-6-15-34/h1-32,43-44,47-48H. The summed E-state index contributed by atoms with van der Waals surface area (Å²) in [4.78, 5) is 5.06. The Morgan fingerprint density at radius 2 is 0.820 bits per heavy atom. The van der Waals surface area contributed by atoms with Crippen molar-refractivity contribution >= 4 is 22.7 Å². The summed E-state index contributed by atoms with van der Waals surface area (Å²) in [5.41, 5.74) is 15.4. The molecule has 2 heterocycles. The van der Waals surface area contributed by atoms with Crippen LogP contribution in [0.1, 0.15) is 23.0 Å². The summed E-state index contributed by atoms with van der Waals surface area (Å²) in [6.45, 7) is 0. The lowest BCUT2D eigenvalue weighted by atomic mass is 9.82. The Morgan fingerprint density at radius 3 is 1.40 bits per heavy atom. The zero-order chi connectivity index (χ0) is 33.0. The van der Waals surface area contributed by atoms with E-state index in [2.05, 4.69) is 204 Å². The van der Waals surface area contributed by atoms with Crippen LogP contribution in [-0.2, 0) is 0 Å². The lowest BCUT2D eigenvalue weighted by Gasteiger charge is -2.32. The average Bonchev–Trinajstić information content (AvgIpc) is 3.71. The third-order valence-electron chi connectivity index (χ3n) is 10.9. The Morgan fingerprint density at radius 1 is 0.360 bits per heavy atom. The lowest BCUT2D eigenvalue weighted by molar-refractivity contribution is 0.730. The molecule has 4 aliphatic rings. The normalized spacial score (nSPS) is 21.2. The molecule has 0 fully saturated rings. The van der Waals surface area contributed by atoms with E-state index in [-0.39, 0.29) is 23.9 Å². The number of hydrogen-bond donors (Lipinski definition) is 0. The quantitative estimate of drug-likeness (QED) is 0.185. The fraction of sp³-hybridized carbons (Fsp3) is 0.0833. The molecular weight excluding hydrogens is 605 g/mol. The van der Waals surface area contributed by atoms with Crippen LogP contribution in [0, 0.1) is 0 Å². The summed E-state index contributed by atoms with van der Waals surface area (Å²) in [6, 6.07) is 57.7. The first-order valence-electron chi connectivity index (χ1n) is 17.7. The fourth-order valence-corrected chi connectivity index (χ4v) is 8.60. The molecule has 2 nitrogen and oxygen atoms in total. The minimum atomic E-state index is 0.227. The van der Waals surface area contributed by atoms with E-state index >= 15 is 0 Å². The van der Waals surface area contributed by atoms with Crippen LogP contribution in [0.3, 0.4) is 0 Å². The number of allylic oxidation sites excluding steroid dienone is 4. The van der Waals surface area contributed by atoms with Gasteiger partial charge in [-0.3, -0.25) is 0 Å². The molecule has 2 aliphatic heterocycles. The Kier molecular flexibility index (Phi) is 6.80. The van der Waals surface area contributed by atoms with Gasteiger partial charge in [-0.15, -0.1) is 0 Å². The summed E-state index contributed by atoms with van der Waals surface area (Å²) >= 11 is 0. The molecule has 0 bridgehead atoms. The number of nitrogens with zero attached hydrogens (tertiary/aromatic N) is 2. The Labute approximate surface area is 294 Å². The summed E-state index contributed by atoms with van der Waals surface area (Å²) in [6.07, 6.45) is 14.6. The van der Waals surface area contributed by atoms with Gasteiger partial charge < -0.3 is 9.80 Å². The van der Waals surface area contributed by atoms with Crippen LogP contribution in [0.2, 0.25) is 0 Å². The number of rotatable bonds is 5. The highest BCUT2D eigenvalue weighted by molar-refractivity contribution is 5.80. The second-order valence-electron chi connectivity index (χ2n) is 13.7. The third kappa shape index (κ3) is 4.71. The number of fused-ring (bicyclic) bond motifs is 6. The van der Waals surface area contributed by atoms with Gasteiger partial charge in [0, 0.05) is 34.6 Å². The van der Waals surface area contributed by atoms with Crippen LogP contribution in [-0.4, -0.2) is 12.1 Å².